The lowest BCUT2D eigenvalue weighted by atomic mass is 9.68. The van der Waals surface area contributed by atoms with Crippen molar-refractivity contribution in [3.8, 4) is 22.3 Å². The summed E-state index contributed by atoms with van der Waals surface area (Å²) in [5.41, 5.74) is 14.6. The summed E-state index contributed by atoms with van der Waals surface area (Å²) in [5.74, 6) is 0. The van der Waals surface area contributed by atoms with Crippen LogP contribution in [0.4, 0.5) is 17.1 Å². The van der Waals surface area contributed by atoms with E-state index in [2.05, 4.69) is 205 Å². The Bertz CT molecular complexity index is 3320. The summed E-state index contributed by atoms with van der Waals surface area (Å²) >= 11 is 1.87. The zero-order valence-corrected chi connectivity index (χ0v) is 32.3. The molecule has 9 aromatic carbocycles. The van der Waals surface area contributed by atoms with E-state index in [0.29, 0.717) is 0 Å². The molecule has 0 atom stereocenters. The van der Waals surface area contributed by atoms with Crippen LogP contribution in [0.2, 0.25) is 0 Å². The number of hydrogen-bond donors (Lipinski definition) is 0. The summed E-state index contributed by atoms with van der Waals surface area (Å²) in [7, 11) is 0. The van der Waals surface area contributed by atoms with E-state index in [4.69, 9.17) is 4.42 Å². The predicted molar refractivity (Wildman–Crippen MR) is 244 cm³/mol. The fraction of sp³-hybridized carbons (Fsp3) is 0.0182. The van der Waals surface area contributed by atoms with Gasteiger partial charge in [0.15, 0.2) is 0 Å². The molecule has 0 unspecified atom stereocenters. The molecule has 0 saturated carbocycles. The minimum atomic E-state index is -0.510. The van der Waals surface area contributed by atoms with Crippen molar-refractivity contribution in [3.05, 3.63) is 235 Å². The van der Waals surface area contributed by atoms with Crippen LogP contribution in [-0.4, -0.2) is 0 Å². The van der Waals surface area contributed by atoms with Gasteiger partial charge in [-0.2, -0.15) is 0 Å². The number of fused-ring (bicyclic) bond motifs is 9. The number of anilines is 3. The van der Waals surface area contributed by atoms with Gasteiger partial charge in [0, 0.05) is 37.5 Å². The molecule has 0 bridgehead atoms. The van der Waals surface area contributed by atoms with Crippen LogP contribution in [0, 0.1) is 0 Å². The lowest BCUT2D eigenvalue weighted by molar-refractivity contribution is 0.669. The number of thiophene rings is 1. The molecule has 58 heavy (non-hydrogen) atoms. The second-order valence-corrected chi connectivity index (χ2v) is 16.2. The van der Waals surface area contributed by atoms with Gasteiger partial charge in [-0.25, -0.2) is 0 Å². The summed E-state index contributed by atoms with van der Waals surface area (Å²) < 4.78 is 8.78. The molecule has 0 N–H and O–H groups in total. The van der Waals surface area contributed by atoms with Crippen LogP contribution >= 0.6 is 11.3 Å². The van der Waals surface area contributed by atoms with Gasteiger partial charge in [-0.05, 0) is 87.5 Å². The first kappa shape index (κ1) is 33.0. The molecule has 2 heterocycles. The largest absolute Gasteiger partial charge is 0.456 e. The van der Waals surface area contributed by atoms with Gasteiger partial charge in [0.05, 0.1) is 21.5 Å². The third-order valence-electron chi connectivity index (χ3n) is 12.1. The van der Waals surface area contributed by atoms with E-state index in [1.165, 1.54) is 53.6 Å². The number of nitrogens with zero attached hydrogens (tertiary/aromatic N) is 1. The average Bonchev–Trinajstić information content (AvgIpc) is 3.96. The highest BCUT2D eigenvalue weighted by molar-refractivity contribution is 7.26. The molecular weight excluding hydrogens is 723 g/mol. The first-order valence-electron chi connectivity index (χ1n) is 19.8. The Morgan fingerprint density at radius 2 is 1.03 bits per heavy atom. The molecule has 0 radical (unpaired) electrons. The fourth-order valence-electron chi connectivity index (χ4n) is 9.71. The van der Waals surface area contributed by atoms with E-state index in [1.54, 1.807) is 0 Å². The number of para-hydroxylation sites is 1. The van der Waals surface area contributed by atoms with E-state index in [0.717, 1.165) is 50.1 Å². The summed E-state index contributed by atoms with van der Waals surface area (Å²) in [6, 6.07) is 77.7. The van der Waals surface area contributed by atoms with Crippen molar-refractivity contribution in [2.75, 3.05) is 4.90 Å². The van der Waals surface area contributed by atoms with Crippen molar-refractivity contribution in [3.63, 3.8) is 0 Å². The topological polar surface area (TPSA) is 16.4 Å². The number of hydrogen-bond acceptors (Lipinski definition) is 3. The van der Waals surface area contributed by atoms with Gasteiger partial charge in [0.25, 0.3) is 0 Å². The Balaban J connectivity index is 1.15. The van der Waals surface area contributed by atoms with E-state index in [1.807, 2.05) is 23.5 Å². The van der Waals surface area contributed by atoms with Crippen molar-refractivity contribution in [1.29, 1.82) is 0 Å². The third kappa shape index (κ3) is 4.78. The van der Waals surface area contributed by atoms with Crippen LogP contribution in [0.3, 0.4) is 0 Å². The zero-order valence-electron chi connectivity index (χ0n) is 31.5. The number of rotatable bonds is 6. The molecule has 0 amide bonds. The van der Waals surface area contributed by atoms with Crippen molar-refractivity contribution in [1.82, 2.24) is 0 Å². The minimum Gasteiger partial charge on any atom is -0.456 e. The highest BCUT2D eigenvalue weighted by Gasteiger charge is 2.47. The van der Waals surface area contributed by atoms with Crippen molar-refractivity contribution in [2.45, 2.75) is 5.41 Å². The zero-order chi connectivity index (χ0) is 38.2. The van der Waals surface area contributed by atoms with Crippen LogP contribution in [-0.2, 0) is 5.41 Å². The predicted octanol–water partition coefficient (Wildman–Crippen LogP) is 15.5. The lowest BCUT2D eigenvalue weighted by Crippen LogP contribution is -2.28. The molecule has 3 heteroatoms. The SMILES string of the molecule is c1ccc(C2(c3ccccc3)c3ccccc3-c3c(N(c4cccc(-c5ccc6oc7ccccc7c6c5)c4)c4cccc5c4sc4ccccc45)cccc32)cc1. The molecule has 272 valence electrons. The number of furan rings is 1. The molecule has 0 spiro atoms. The van der Waals surface area contributed by atoms with E-state index < -0.39 is 5.41 Å². The standard InChI is InChI=1S/C55H35NOS/c1-3-17-38(18-4-1)55(39-19-5-2-6-20-39)46-26-10-7-24-44(46)53-47(55)27-15-28-48(53)56(49-29-14-25-43-42-23-9-12-31-52(42)58-54(43)49)40-21-13-16-36(34-40)37-32-33-51-45(35-37)41-22-8-11-30-50(41)57-51/h1-35H. The molecule has 12 rings (SSSR count). The fourth-order valence-corrected chi connectivity index (χ4v) is 10.9. The highest BCUT2D eigenvalue weighted by atomic mass is 32.1. The average molecular weight is 758 g/mol. The third-order valence-corrected chi connectivity index (χ3v) is 13.3. The maximum absolute atomic E-state index is 6.23. The summed E-state index contributed by atoms with van der Waals surface area (Å²) in [6.45, 7) is 0. The summed E-state index contributed by atoms with van der Waals surface area (Å²) in [5, 5.41) is 4.82. The van der Waals surface area contributed by atoms with E-state index in [9.17, 15) is 0 Å². The van der Waals surface area contributed by atoms with E-state index >= 15 is 0 Å². The minimum absolute atomic E-state index is 0.510. The molecule has 1 aliphatic carbocycles. The van der Waals surface area contributed by atoms with Gasteiger partial charge in [0.1, 0.15) is 11.2 Å². The smallest absolute Gasteiger partial charge is 0.135 e. The molecular formula is C55H35NOS. The molecule has 0 aliphatic heterocycles. The van der Waals surface area contributed by atoms with Crippen molar-refractivity contribution >= 4 is 70.5 Å². The van der Waals surface area contributed by atoms with E-state index in [-0.39, 0.29) is 0 Å². The van der Waals surface area contributed by atoms with Crippen LogP contribution in [0.1, 0.15) is 22.3 Å². The second kappa shape index (κ2) is 12.9. The molecule has 11 aromatic rings. The maximum Gasteiger partial charge on any atom is 0.135 e. The molecule has 0 fully saturated rings. The normalized spacial score (nSPS) is 13.0. The van der Waals surface area contributed by atoms with Crippen LogP contribution < -0.4 is 4.90 Å². The van der Waals surface area contributed by atoms with Gasteiger partial charge in [-0.15, -0.1) is 11.3 Å². The molecule has 2 nitrogen and oxygen atoms in total. The van der Waals surface area contributed by atoms with Crippen LogP contribution in [0.5, 0.6) is 0 Å². The van der Waals surface area contributed by atoms with Crippen LogP contribution in [0.25, 0.3) is 64.4 Å². The van der Waals surface area contributed by atoms with Gasteiger partial charge in [0.2, 0.25) is 0 Å². The Kier molecular flexibility index (Phi) is 7.35. The quantitative estimate of drug-likeness (QED) is 0.168. The van der Waals surface area contributed by atoms with Crippen LogP contribution in [0.15, 0.2) is 217 Å². The lowest BCUT2D eigenvalue weighted by Gasteiger charge is -2.34. The molecule has 1 aliphatic rings. The van der Waals surface area contributed by atoms with Gasteiger partial charge in [-0.1, -0.05) is 164 Å². The van der Waals surface area contributed by atoms with Gasteiger partial charge in [-0.3, -0.25) is 0 Å². The van der Waals surface area contributed by atoms with Crippen molar-refractivity contribution < 1.29 is 4.42 Å². The monoisotopic (exact) mass is 757 g/mol. The molecule has 2 aromatic heterocycles. The van der Waals surface area contributed by atoms with Gasteiger partial charge < -0.3 is 9.32 Å². The first-order chi connectivity index (χ1) is 28.8. The Morgan fingerprint density at radius 3 is 1.88 bits per heavy atom. The van der Waals surface area contributed by atoms with Crippen molar-refractivity contribution in [2.24, 2.45) is 0 Å². The highest BCUT2D eigenvalue weighted by Crippen LogP contribution is 2.60. The summed E-state index contributed by atoms with van der Waals surface area (Å²) in [4.78, 5) is 2.52. The molecule has 0 saturated heterocycles. The Labute approximate surface area is 340 Å². The number of benzene rings is 9. The second-order valence-electron chi connectivity index (χ2n) is 15.2. The summed E-state index contributed by atoms with van der Waals surface area (Å²) in [6.07, 6.45) is 0. The first-order valence-corrected chi connectivity index (χ1v) is 20.7. The van der Waals surface area contributed by atoms with Gasteiger partial charge >= 0.3 is 0 Å². The maximum atomic E-state index is 6.23. The Morgan fingerprint density at radius 1 is 0.414 bits per heavy atom. The Hall–Kier alpha value is -7.20.